The number of amides is 2. The number of ketones is 1. The van der Waals surface area contributed by atoms with E-state index in [1.165, 1.54) is 19.1 Å². The van der Waals surface area contributed by atoms with E-state index in [1.54, 1.807) is 19.1 Å². The molecule has 3 heterocycles. The number of imide groups is 1. The van der Waals surface area contributed by atoms with Crippen LogP contribution in [0.1, 0.15) is 35.3 Å². The summed E-state index contributed by atoms with van der Waals surface area (Å²) in [6.45, 7) is 5.46. The minimum absolute atomic E-state index is 0.144. The highest BCUT2D eigenvalue weighted by Crippen LogP contribution is 2.49. The molecule has 2 fully saturated rings. The third-order valence-corrected chi connectivity index (χ3v) is 6.71. The smallest absolute Gasteiger partial charge is 0.338 e. The summed E-state index contributed by atoms with van der Waals surface area (Å²) >= 11 is 0. The predicted molar refractivity (Wildman–Crippen MR) is 123 cm³/mol. The first kappa shape index (κ1) is 21.1. The van der Waals surface area contributed by atoms with Crippen molar-refractivity contribution in [2.75, 3.05) is 16.4 Å². The normalized spacial score (nSPS) is 25.1. The van der Waals surface area contributed by atoms with E-state index in [9.17, 15) is 19.2 Å². The van der Waals surface area contributed by atoms with Crippen LogP contribution in [0.5, 0.6) is 0 Å². The standard InChI is InChI=1S/C26H24N2O5/c1-4-33-26(32)16-6-9-18(10-7-16)27-24(30)21-20-12-8-17-13-14(2)5-11-19(17)28(20)23(15(3)29)22(21)25(27)31/h5-13,20-23H,4H2,1-3H3. The lowest BCUT2D eigenvalue weighted by Gasteiger charge is -2.36. The van der Waals surface area contributed by atoms with Crippen molar-refractivity contribution in [3.8, 4) is 0 Å². The molecule has 2 aromatic carbocycles. The lowest BCUT2D eigenvalue weighted by atomic mass is 9.88. The van der Waals surface area contributed by atoms with Gasteiger partial charge in [0.05, 0.1) is 35.7 Å². The highest BCUT2D eigenvalue weighted by molar-refractivity contribution is 6.24. The molecule has 0 aromatic heterocycles. The molecule has 4 unspecified atom stereocenters. The van der Waals surface area contributed by atoms with E-state index in [4.69, 9.17) is 4.74 Å². The Morgan fingerprint density at radius 2 is 1.70 bits per heavy atom. The van der Waals surface area contributed by atoms with E-state index in [1.807, 2.05) is 42.2 Å². The highest BCUT2D eigenvalue weighted by Gasteiger charge is 2.63. The van der Waals surface area contributed by atoms with Crippen LogP contribution in [0.25, 0.3) is 6.08 Å². The fraction of sp³-hybridized carbons (Fsp3) is 0.308. The number of Topliss-reactive ketones (excluding diaryl/α,β-unsaturated/α-hetero) is 1. The molecule has 2 amide bonds. The number of anilines is 2. The molecule has 0 bridgehead atoms. The molecule has 4 atom stereocenters. The van der Waals surface area contributed by atoms with Gasteiger partial charge in [0.2, 0.25) is 11.8 Å². The number of hydrogen-bond acceptors (Lipinski definition) is 6. The minimum atomic E-state index is -0.762. The van der Waals surface area contributed by atoms with Gasteiger partial charge in [0.25, 0.3) is 0 Å². The number of aryl methyl sites for hydroxylation is 1. The number of carbonyl (C=O) groups excluding carboxylic acids is 4. The van der Waals surface area contributed by atoms with Gasteiger partial charge < -0.3 is 9.64 Å². The molecule has 0 radical (unpaired) electrons. The summed E-state index contributed by atoms with van der Waals surface area (Å²) in [6.07, 6.45) is 3.90. The zero-order valence-electron chi connectivity index (χ0n) is 18.6. The van der Waals surface area contributed by atoms with Crippen LogP contribution in [0.2, 0.25) is 0 Å². The molecule has 5 rings (SSSR count). The third-order valence-electron chi connectivity index (χ3n) is 6.71. The Morgan fingerprint density at radius 3 is 2.36 bits per heavy atom. The van der Waals surface area contributed by atoms with Gasteiger partial charge in [-0.15, -0.1) is 0 Å². The number of nitrogens with zero attached hydrogens (tertiary/aromatic N) is 2. The maximum absolute atomic E-state index is 13.6. The molecule has 0 saturated carbocycles. The molecule has 3 aliphatic heterocycles. The summed E-state index contributed by atoms with van der Waals surface area (Å²) in [6, 6.07) is 11.1. The number of rotatable bonds is 4. The molecular formula is C26H24N2O5. The average Bonchev–Trinajstić information content (AvgIpc) is 3.27. The molecule has 33 heavy (non-hydrogen) atoms. The minimum Gasteiger partial charge on any atom is -0.462 e. The molecule has 2 aromatic rings. The van der Waals surface area contributed by atoms with Crippen molar-refractivity contribution in [3.63, 3.8) is 0 Å². The van der Waals surface area contributed by atoms with Gasteiger partial charge in [-0.05, 0) is 62.7 Å². The molecule has 0 aliphatic carbocycles. The topological polar surface area (TPSA) is 84.0 Å². The van der Waals surface area contributed by atoms with Gasteiger partial charge in [0.15, 0.2) is 5.78 Å². The van der Waals surface area contributed by atoms with Crippen LogP contribution in [0, 0.1) is 18.8 Å². The molecule has 0 spiro atoms. The van der Waals surface area contributed by atoms with Crippen molar-refractivity contribution in [1.82, 2.24) is 0 Å². The second-order valence-electron chi connectivity index (χ2n) is 8.71. The van der Waals surface area contributed by atoms with Crippen molar-refractivity contribution in [2.45, 2.75) is 32.9 Å². The Balaban J connectivity index is 1.52. The molecule has 0 N–H and O–H groups in total. The lowest BCUT2D eigenvalue weighted by molar-refractivity contribution is -0.126. The van der Waals surface area contributed by atoms with Crippen LogP contribution in [-0.2, 0) is 19.1 Å². The first-order valence-corrected chi connectivity index (χ1v) is 11.1. The highest BCUT2D eigenvalue weighted by atomic mass is 16.5. The van der Waals surface area contributed by atoms with Crippen molar-refractivity contribution in [3.05, 3.63) is 65.2 Å². The zero-order valence-corrected chi connectivity index (χ0v) is 18.6. The first-order chi connectivity index (χ1) is 15.8. The number of benzene rings is 2. The quantitative estimate of drug-likeness (QED) is 0.532. The fourth-order valence-electron chi connectivity index (χ4n) is 5.37. The Morgan fingerprint density at radius 1 is 1.00 bits per heavy atom. The van der Waals surface area contributed by atoms with Crippen LogP contribution >= 0.6 is 0 Å². The Kier molecular flexibility index (Phi) is 4.92. The largest absolute Gasteiger partial charge is 0.462 e. The van der Waals surface area contributed by atoms with E-state index in [-0.39, 0.29) is 30.2 Å². The summed E-state index contributed by atoms with van der Waals surface area (Å²) in [7, 11) is 0. The number of esters is 1. The SMILES string of the molecule is CCOC(=O)c1ccc(N2C(=O)C3C(C2=O)C(C(C)=O)N2c4ccc(C)cc4C=CC32)cc1. The number of fused-ring (bicyclic) bond motifs is 5. The van der Waals surface area contributed by atoms with Crippen LogP contribution in [0.15, 0.2) is 48.5 Å². The van der Waals surface area contributed by atoms with Crippen LogP contribution in [0.3, 0.4) is 0 Å². The van der Waals surface area contributed by atoms with Gasteiger partial charge in [0, 0.05) is 5.69 Å². The molecule has 7 heteroatoms. The molecular weight excluding hydrogens is 420 g/mol. The van der Waals surface area contributed by atoms with Crippen molar-refractivity contribution >= 4 is 41.0 Å². The first-order valence-electron chi connectivity index (χ1n) is 11.1. The van der Waals surface area contributed by atoms with Crippen molar-refractivity contribution < 1.29 is 23.9 Å². The van der Waals surface area contributed by atoms with Gasteiger partial charge in [-0.25, -0.2) is 9.69 Å². The molecule has 168 valence electrons. The second kappa shape index (κ2) is 7.69. The monoisotopic (exact) mass is 444 g/mol. The van der Waals surface area contributed by atoms with Gasteiger partial charge in [0.1, 0.15) is 6.04 Å². The summed E-state index contributed by atoms with van der Waals surface area (Å²) in [4.78, 5) is 55.0. The predicted octanol–water partition coefficient (Wildman–Crippen LogP) is 3.15. The number of hydrogen-bond donors (Lipinski definition) is 0. The van der Waals surface area contributed by atoms with Crippen LogP contribution in [-0.4, -0.2) is 42.3 Å². The third kappa shape index (κ3) is 3.10. The van der Waals surface area contributed by atoms with Gasteiger partial charge in [-0.2, -0.15) is 0 Å². The molecule has 3 aliphatic rings. The molecule has 2 saturated heterocycles. The van der Waals surface area contributed by atoms with Gasteiger partial charge in [-0.1, -0.05) is 23.8 Å². The van der Waals surface area contributed by atoms with E-state index in [0.29, 0.717) is 11.3 Å². The van der Waals surface area contributed by atoms with Gasteiger partial charge >= 0.3 is 5.97 Å². The van der Waals surface area contributed by atoms with E-state index >= 15 is 0 Å². The Hall–Kier alpha value is -3.74. The average molecular weight is 444 g/mol. The Labute approximate surface area is 191 Å². The van der Waals surface area contributed by atoms with Crippen molar-refractivity contribution in [2.24, 2.45) is 11.8 Å². The lowest BCUT2D eigenvalue weighted by Crippen LogP contribution is -2.48. The van der Waals surface area contributed by atoms with E-state index < -0.39 is 23.8 Å². The maximum atomic E-state index is 13.6. The Bertz CT molecular complexity index is 1220. The summed E-state index contributed by atoms with van der Waals surface area (Å²) in [5.74, 6) is -2.73. The van der Waals surface area contributed by atoms with Gasteiger partial charge in [-0.3, -0.25) is 14.4 Å². The fourth-order valence-corrected chi connectivity index (χ4v) is 5.37. The zero-order chi connectivity index (χ0) is 23.4. The van der Waals surface area contributed by atoms with Crippen molar-refractivity contribution in [1.29, 1.82) is 0 Å². The molecule has 7 nitrogen and oxygen atoms in total. The van der Waals surface area contributed by atoms with Crippen LogP contribution < -0.4 is 9.80 Å². The second-order valence-corrected chi connectivity index (χ2v) is 8.71. The number of carbonyl (C=O) groups is 4. The summed E-state index contributed by atoms with van der Waals surface area (Å²) in [5, 5.41) is 0. The van der Waals surface area contributed by atoms with E-state index in [2.05, 4.69) is 0 Å². The number of ether oxygens (including phenoxy) is 1. The van der Waals surface area contributed by atoms with Crippen LogP contribution in [0.4, 0.5) is 11.4 Å². The summed E-state index contributed by atoms with van der Waals surface area (Å²) in [5.41, 5.74) is 3.67. The van der Waals surface area contributed by atoms with E-state index in [0.717, 1.165) is 21.7 Å². The summed E-state index contributed by atoms with van der Waals surface area (Å²) < 4.78 is 4.99. The maximum Gasteiger partial charge on any atom is 0.338 e.